The Hall–Kier alpha value is -3.43. The smallest absolute Gasteiger partial charge is 0.332 e. The summed E-state index contributed by atoms with van der Waals surface area (Å²) in [7, 11) is 3.15. The standard InChI is InChI=1S/C22H22ClN5O4/c1-26-20-18(21(30)27(22(26)31)9-4-10-29)28(13-16-8-7-15(23)12-24-16)19(25-20)14-5-3-6-17(11-14)32-2/h3,5-8,11-12,29H,4,9-10,13H2,1-2H3. The van der Waals surface area contributed by atoms with Gasteiger partial charge in [-0.05, 0) is 30.7 Å². The number of aromatic nitrogens is 5. The lowest BCUT2D eigenvalue weighted by Crippen LogP contribution is -2.40. The van der Waals surface area contributed by atoms with Crippen LogP contribution >= 0.6 is 11.6 Å². The highest BCUT2D eigenvalue weighted by Gasteiger charge is 2.22. The van der Waals surface area contributed by atoms with E-state index in [9.17, 15) is 14.7 Å². The number of fused-ring (bicyclic) bond motifs is 1. The van der Waals surface area contributed by atoms with Gasteiger partial charge in [-0.3, -0.25) is 18.9 Å². The van der Waals surface area contributed by atoms with Crippen LogP contribution in [0.5, 0.6) is 5.75 Å². The highest BCUT2D eigenvalue weighted by Crippen LogP contribution is 2.26. The number of aliphatic hydroxyl groups excluding tert-OH is 1. The van der Waals surface area contributed by atoms with E-state index in [1.165, 1.54) is 10.8 Å². The summed E-state index contributed by atoms with van der Waals surface area (Å²) < 4.78 is 9.57. The summed E-state index contributed by atoms with van der Waals surface area (Å²) in [6.45, 7) is 0.223. The van der Waals surface area contributed by atoms with Crippen molar-refractivity contribution in [2.24, 2.45) is 7.05 Å². The fraction of sp³-hybridized carbons (Fsp3) is 0.273. The van der Waals surface area contributed by atoms with Crippen LogP contribution in [0, 0.1) is 0 Å². The van der Waals surface area contributed by atoms with Crippen LogP contribution in [-0.2, 0) is 20.1 Å². The zero-order valence-electron chi connectivity index (χ0n) is 17.7. The summed E-state index contributed by atoms with van der Waals surface area (Å²) in [5.74, 6) is 1.14. The van der Waals surface area contributed by atoms with E-state index in [-0.39, 0.29) is 37.3 Å². The number of rotatable bonds is 7. The summed E-state index contributed by atoms with van der Waals surface area (Å²) in [4.78, 5) is 35.2. The summed E-state index contributed by atoms with van der Waals surface area (Å²) in [6.07, 6.45) is 1.83. The molecule has 9 nitrogen and oxygen atoms in total. The molecule has 0 spiro atoms. The second-order valence-electron chi connectivity index (χ2n) is 7.27. The molecule has 0 radical (unpaired) electrons. The predicted octanol–water partition coefficient (Wildman–Crippen LogP) is 2.05. The van der Waals surface area contributed by atoms with Gasteiger partial charge in [0.15, 0.2) is 11.2 Å². The fourth-order valence-electron chi connectivity index (χ4n) is 3.60. The number of hydrogen-bond acceptors (Lipinski definition) is 6. The highest BCUT2D eigenvalue weighted by molar-refractivity contribution is 6.30. The third kappa shape index (κ3) is 3.92. The lowest BCUT2D eigenvalue weighted by atomic mass is 10.2. The number of pyridine rings is 1. The van der Waals surface area contributed by atoms with E-state index in [1.807, 2.05) is 24.3 Å². The van der Waals surface area contributed by atoms with E-state index in [2.05, 4.69) is 9.97 Å². The van der Waals surface area contributed by atoms with Crippen molar-refractivity contribution in [3.8, 4) is 17.1 Å². The summed E-state index contributed by atoms with van der Waals surface area (Å²) in [5.41, 5.74) is 0.998. The number of nitrogens with zero attached hydrogens (tertiary/aromatic N) is 5. The zero-order valence-corrected chi connectivity index (χ0v) is 18.4. The van der Waals surface area contributed by atoms with Gasteiger partial charge >= 0.3 is 5.69 Å². The van der Waals surface area contributed by atoms with Crippen LogP contribution < -0.4 is 16.0 Å². The highest BCUT2D eigenvalue weighted by atomic mass is 35.5. The average molecular weight is 456 g/mol. The van der Waals surface area contributed by atoms with Crippen molar-refractivity contribution < 1.29 is 9.84 Å². The predicted molar refractivity (Wildman–Crippen MR) is 121 cm³/mol. The van der Waals surface area contributed by atoms with Crippen molar-refractivity contribution in [3.05, 3.63) is 74.1 Å². The second-order valence-corrected chi connectivity index (χ2v) is 7.71. The number of methoxy groups -OCH3 is 1. The molecule has 1 aromatic carbocycles. The quantitative estimate of drug-likeness (QED) is 0.457. The molecule has 4 aromatic rings. The van der Waals surface area contributed by atoms with Gasteiger partial charge in [0.25, 0.3) is 5.56 Å². The molecule has 0 atom stereocenters. The SMILES string of the molecule is COc1cccc(-c2nc3c(c(=O)n(CCCO)c(=O)n3C)n2Cc2ccc(Cl)cn2)c1. The van der Waals surface area contributed by atoms with E-state index >= 15 is 0 Å². The first-order valence-electron chi connectivity index (χ1n) is 10.0. The lowest BCUT2D eigenvalue weighted by Gasteiger charge is -2.11. The van der Waals surface area contributed by atoms with Crippen LogP contribution in [0.1, 0.15) is 12.1 Å². The third-order valence-corrected chi connectivity index (χ3v) is 5.43. The number of benzene rings is 1. The average Bonchev–Trinajstić information content (AvgIpc) is 3.18. The van der Waals surface area contributed by atoms with Gasteiger partial charge < -0.3 is 14.4 Å². The summed E-state index contributed by atoms with van der Waals surface area (Å²) in [5, 5.41) is 9.70. The van der Waals surface area contributed by atoms with Crippen molar-refractivity contribution in [1.29, 1.82) is 0 Å². The molecule has 0 bridgehead atoms. The van der Waals surface area contributed by atoms with Crippen molar-refractivity contribution in [2.45, 2.75) is 19.5 Å². The topological polar surface area (TPSA) is 104 Å². The van der Waals surface area contributed by atoms with Crippen molar-refractivity contribution >= 4 is 22.8 Å². The number of imidazole rings is 1. The molecule has 0 unspecified atom stereocenters. The Balaban J connectivity index is 2.02. The van der Waals surface area contributed by atoms with Gasteiger partial charge in [0.05, 0.1) is 24.4 Å². The lowest BCUT2D eigenvalue weighted by molar-refractivity contribution is 0.277. The van der Waals surface area contributed by atoms with E-state index in [0.29, 0.717) is 22.3 Å². The molecular weight excluding hydrogens is 434 g/mol. The molecule has 0 fully saturated rings. The second kappa shape index (κ2) is 8.97. The molecule has 3 aromatic heterocycles. The van der Waals surface area contributed by atoms with E-state index in [4.69, 9.17) is 16.3 Å². The maximum Gasteiger partial charge on any atom is 0.332 e. The first kappa shape index (κ1) is 21.8. The van der Waals surface area contributed by atoms with Crippen LogP contribution in [0.25, 0.3) is 22.6 Å². The van der Waals surface area contributed by atoms with Crippen molar-refractivity contribution in [2.75, 3.05) is 13.7 Å². The first-order chi connectivity index (χ1) is 15.4. The molecule has 32 heavy (non-hydrogen) atoms. The molecule has 0 saturated carbocycles. The van der Waals surface area contributed by atoms with Crippen LogP contribution in [-0.4, -0.2) is 42.5 Å². The Bertz CT molecular complexity index is 1390. The van der Waals surface area contributed by atoms with Gasteiger partial charge in [0.2, 0.25) is 0 Å². The zero-order chi connectivity index (χ0) is 22.8. The van der Waals surface area contributed by atoms with Crippen LogP contribution in [0.2, 0.25) is 5.02 Å². The Labute approximate surface area is 188 Å². The molecule has 1 N–H and O–H groups in total. The van der Waals surface area contributed by atoms with Crippen molar-refractivity contribution in [3.63, 3.8) is 0 Å². The van der Waals surface area contributed by atoms with Crippen LogP contribution in [0.15, 0.2) is 52.2 Å². The van der Waals surface area contributed by atoms with Crippen LogP contribution in [0.3, 0.4) is 0 Å². The van der Waals surface area contributed by atoms with Gasteiger partial charge in [-0.1, -0.05) is 23.7 Å². The molecular formula is C22H22ClN5O4. The Morgan fingerprint density at radius 2 is 1.97 bits per heavy atom. The molecule has 3 heterocycles. The Morgan fingerprint density at radius 3 is 2.66 bits per heavy atom. The van der Waals surface area contributed by atoms with E-state index < -0.39 is 11.2 Å². The molecule has 0 aliphatic rings. The molecule has 0 aliphatic carbocycles. The van der Waals surface area contributed by atoms with Gasteiger partial charge in [0.1, 0.15) is 11.6 Å². The largest absolute Gasteiger partial charge is 0.497 e. The number of hydrogen-bond donors (Lipinski definition) is 1. The minimum Gasteiger partial charge on any atom is -0.497 e. The van der Waals surface area contributed by atoms with E-state index in [1.54, 1.807) is 30.9 Å². The van der Waals surface area contributed by atoms with Crippen LogP contribution in [0.4, 0.5) is 0 Å². The Morgan fingerprint density at radius 1 is 1.16 bits per heavy atom. The summed E-state index contributed by atoms with van der Waals surface area (Å²) in [6, 6.07) is 10.8. The van der Waals surface area contributed by atoms with Gasteiger partial charge in [-0.15, -0.1) is 0 Å². The minimum absolute atomic E-state index is 0.108. The first-order valence-corrected chi connectivity index (χ1v) is 10.4. The molecule has 10 heteroatoms. The van der Waals surface area contributed by atoms with Gasteiger partial charge in [0, 0.05) is 32.0 Å². The third-order valence-electron chi connectivity index (χ3n) is 5.21. The normalized spacial score (nSPS) is 11.2. The molecule has 166 valence electrons. The van der Waals surface area contributed by atoms with E-state index in [0.717, 1.165) is 10.1 Å². The molecule has 0 amide bonds. The van der Waals surface area contributed by atoms with Gasteiger partial charge in [-0.25, -0.2) is 9.78 Å². The number of aliphatic hydroxyl groups is 1. The maximum atomic E-state index is 13.4. The monoisotopic (exact) mass is 455 g/mol. The molecule has 4 rings (SSSR count). The number of ether oxygens (including phenoxy) is 1. The fourth-order valence-corrected chi connectivity index (χ4v) is 3.71. The Kier molecular flexibility index (Phi) is 6.11. The van der Waals surface area contributed by atoms with Gasteiger partial charge in [-0.2, -0.15) is 0 Å². The molecule has 0 saturated heterocycles. The molecule has 0 aliphatic heterocycles. The van der Waals surface area contributed by atoms with Crippen molar-refractivity contribution in [1.82, 2.24) is 23.7 Å². The number of aryl methyl sites for hydroxylation is 1. The maximum absolute atomic E-state index is 13.4. The summed E-state index contributed by atoms with van der Waals surface area (Å²) >= 11 is 5.97. The minimum atomic E-state index is -0.484. The number of halogens is 1.